The minimum absolute atomic E-state index is 0.202. The van der Waals surface area contributed by atoms with Crippen LogP contribution in [0.5, 0.6) is 5.75 Å². The fourth-order valence-electron chi connectivity index (χ4n) is 1.85. The van der Waals surface area contributed by atoms with Crippen molar-refractivity contribution in [3.05, 3.63) is 56.5 Å². The number of hydrogen-bond acceptors (Lipinski definition) is 5. The highest BCUT2D eigenvalue weighted by atomic mass is 79.9. The molecule has 23 heavy (non-hydrogen) atoms. The maximum atomic E-state index is 11.0. The summed E-state index contributed by atoms with van der Waals surface area (Å²) < 4.78 is 0.454. The summed E-state index contributed by atoms with van der Waals surface area (Å²) in [7, 11) is 0. The summed E-state index contributed by atoms with van der Waals surface area (Å²) >= 11 is 3.16. The molecule has 0 fully saturated rings. The van der Waals surface area contributed by atoms with Crippen LogP contribution >= 0.6 is 15.9 Å². The predicted octanol–water partition coefficient (Wildman–Crippen LogP) is 3.77. The number of aromatic hydroxyl groups is 1. The third-order valence-electron chi connectivity index (χ3n) is 2.80. The lowest BCUT2D eigenvalue weighted by molar-refractivity contribution is -0.385. The van der Waals surface area contributed by atoms with Gasteiger partial charge in [-0.2, -0.15) is 0 Å². The number of carbonyl (C=O) groups is 1. The Morgan fingerprint density at radius 3 is 2.78 bits per heavy atom. The second-order valence-electron chi connectivity index (χ2n) is 4.61. The number of benzene rings is 2. The second-order valence-corrected chi connectivity index (χ2v) is 5.53. The van der Waals surface area contributed by atoms with E-state index in [4.69, 9.17) is 0 Å². The summed E-state index contributed by atoms with van der Waals surface area (Å²) in [6, 6.07) is 9.49. The number of aliphatic imine (C=N–C) groups is 1. The molecule has 0 aromatic heterocycles. The number of nitrogens with one attached hydrogen (secondary N) is 1. The van der Waals surface area contributed by atoms with Gasteiger partial charge in [0, 0.05) is 34.9 Å². The number of amides is 1. The number of nitro groups is 1. The van der Waals surface area contributed by atoms with Crippen LogP contribution in [-0.4, -0.2) is 22.2 Å². The van der Waals surface area contributed by atoms with E-state index < -0.39 is 16.4 Å². The van der Waals surface area contributed by atoms with E-state index in [0.717, 1.165) is 0 Å². The number of nitrogens with zero attached hydrogens (tertiary/aromatic N) is 2. The first-order valence-corrected chi connectivity index (χ1v) is 7.25. The third-order valence-corrected chi connectivity index (χ3v) is 3.26. The number of phenols is 1. The van der Waals surface area contributed by atoms with E-state index in [9.17, 15) is 20.0 Å². The van der Waals surface area contributed by atoms with Gasteiger partial charge >= 0.3 is 5.69 Å². The standard InChI is InChI=1S/C15H12BrN3O4/c1-9(20)18-13-4-2-3-12(7-13)17-8-10-5-11(16)6-14(15(10)21)19(22)23/h2-8,21H,1H3,(H,18,20). The van der Waals surface area contributed by atoms with Crippen molar-refractivity contribution in [3.63, 3.8) is 0 Å². The number of rotatable bonds is 4. The van der Waals surface area contributed by atoms with Gasteiger partial charge in [0.1, 0.15) is 0 Å². The Balaban J connectivity index is 2.34. The molecule has 0 saturated carbocycles. The summed E-state index contributed by atoms with van der Waals surface area (Å²) in [5.74, 6) is -0.661. The van der Waals surface area contributed by atoms with Crippen molar-refractivity contribution in [2.75, 3.05) is 5.32 Å². The van der Waals surface area contributed by atoms with E-state index in [1.165, 1.54) is 25.3 Å². The molecule has 0 heterocycles. The summed E-state index contributed by atoms with van der Waals surface area (Å²) in [5, 5.41) is 23.4. The predicted molar refractivity (Wildman–Crippen MR) is 90.5 cm³/mol. The molecule has 7 nitrogen and oxygen atoms in total. The van der Waals surface area contributed by atoms with Crippen molar-refractivity contribution < 1.29 is 14.8 Å². The van der Waals surface area contributed by atoms with Gasteiger partial charge in [0.15, 0.2) is 0 Å². The number of hydrogen-bond donors (Lipinski definition) is 2. The van der Waals surface area contributed by atoms with Crippen LogP contribution in [0.4, 0.5) is 17.1 Å². The molecule has 118 valence electrons. The van der Waals surface area contributed by atoms with E-state index in [1.54, 1.807) is 24.3 Å². The zero-order chi connectivity index (χ0) is 17.0. The van der Waals surface area contributed by atoms with Crippen LogP contribution in [-0.2, 0) is 4.79 Å². The highest BCUT2D eigenvalue weighted by Gasteiger charge is 2.17. The van der Waals surface area contributed by atoms with Crippen LogP contribution in [0, 0.1) is 10.1 Å². The number of nitro benzene ring substituents is 1. The number of halogens is 1. The van der Waals surface area contributed by atoms with Crippen LogP contribution in [0.15, 0.2) is 45.9 Å². The fourth-order valence-corrected chi connectivity index (χ4v) is 2.32. The molecular formula is C15H12BrN3O4. The van der Waals surface area contributed by atoms with Gasteiger partial charge in [0.25, 0.3) is 0 Å². The summed E-state index contributed by atoms with van der Waals surface area (Å²) in [4.78, 5) is 25.4. The average Bonchev–Trinajstić information content (AvgIpc) is 2.47. The maximum Gasteiger partial charge on any atom is 0.312 e. The average molecular weight is 378 g/mol. The quantitative estimate of drug-likeness (QED) is 0.480. The Morgan fingerprint density at radius 2 is 2.13 bits per heavy atom. The fraction of sp³-hybridized carbons (Fsp3) is 0.0667. The van der Waals surface area contributed by atoms with Gasteiger partial charge in [-0.15, -0.1) is 0 Å². The van der Waals surface area contributed by atoms with Crippen LogP contribution in [0.1, 0.15) is 12.5 Å². The molecule has 0 atom stereocenters. The van der Waals surface area contributed by atoms with Crippen molar-refractivity contribution in [2.24, 2.45) is 4.99 Å². The van der Waals surface area contributed by atoms with Crippen molar-refractivity contribution in [1.29, 1.82) is 0 Å². The number of phenolic OH excluding ortho intramolecular Hbond substituents is 1. The van der Waals surface area contributed by atoms with Crippen molar-refractivity contribution in [2.45, 2.75) is 6.92 Å². The largest absolute Gasteiger partial charge is 0.502 e. The van der Waals surface area contributed by atoms with Gasteiger partial charge in [-0.25, -0.2) is 0 Å². The molecule has 0 aliphatic heterocycles. The van der Waals surface area contributed by atoms with Gasteiger partial charge < -0.3 is 10.4 Å². The van der Waals surface area contributed by atoms with Gasteiger partial charge in [0.2, 0.25) is 11.7 Å². The van der Waals surface area contributed by atoms with Crippen LogP contribution in [0.25, 0.3) is 0 Å². The van der Waals surface area contributed by atoms with Crippen LogP contribution in [0.2, 0.25) is 0 Å². The lowest BCUT2D eigenvalue weighted by atomic mass is 10.2. The zero-order valence-electron chi connectivity index (χ0n) is 12.0. The molecule has 0 radical (unpaired) electrons. The van der Waals surface area contributed by atoms with E-state index in [2.05, 4.69) is 26.2 Å². The number of carbonyl (C=O) groups excluding carboxylic acids is 1. The zero-order valence-corrected chi connectivity index (χ0v) is 13.6. The number of anilines is 1. The summed E-state index contributed by atoms with van der Waals surface area (Å²) in [6.45, 7) is 1.40. The topological polar surface area (TPSA) is 105 Å². The molecule has 2 N–H and O–H groups in total. The second kappa shape index (κ2) is 7.01. The highest BCUT2D eigenvalue weighted by Crippen LogP contribution is 2.32. The lowest BCUT2D eigenvalue weighted by Crippen LogP contribution is -2.05. The third kappa shape index (κ3) is 4.36. The maximum absolute atomic E-state index is 11.0. The Labute approximate surface area is 140 Å². The molecule has 8 heteroatoms. The smallest absolute Gasteiger partial charge is 0.312 e. The van der Waals surface area contributed by atoms with Crippen LogP contribution in [0.3, 0.4) is 0 Å². The van der Waals surface area contributed by atoms with Gasteiger partial charge in [-0.1, -0.05) is 22.0 Å². The highest BCUT2D eigenvalue weighted by molar-refractivity contribution is 9.10. The molecule has 2 aromatic carbocycles. The van der Waals surface area contributed by atoms with Gasteiger partial charge in [-0.05, 0) is 24.3 Å². The molecule has 0 saturated heterocycles. The SMILES string of the molecule is CC(=O)Nc1cccc(N=Cc2cc(Br)cc([N+](=O)[O-])c2O)c1. The van der Waals surface area contributed by atoms with E-state index in [1.807, 2.05) is 0 Å². The Morgan fingerprint density at radius 1 is 1.39 bits per heavy atom. The first-order chi connectivity index (χ1) is 10.9. The minimum Gasteiger partial charge on any atom is -0.502 e. The minimum atomic E-state index is -0.672. The first kappa shape index (κ1) is 16.6. The molecule has 1 amide bonds. The van der Waals surface area contributed by atoms with Gasteiger partial charge in [-0.3, -0.25) is 19.9 Å². The molecule has 0 bridgehead atoms. The molecule has 0 aliphatic carbocycles. The van der Waals surface area contributed by atoms with E-state index in [-0.39, 0.29) is 11.5 Å². The van der Waals surface area contributed by atoms with E-state index in [0.29, 0.717) is 15.8 Å². The Hall–Kier alpha value is -2.74. The normalized spacial score (nSPS) is 10.7. The molecule has 2 rings (SSSR count). The molecule has 0 unspecified atom stereocenters. The monoisotopic (exact) mass is 377 g/mol. The first-order valence-electron chi connectivity index (χ1n) is 6.45. The van der Waals surface area contributed by atoms with Crippen LogP contribution < -0.4 is 5.32 Å². The summed E-state index contributed by atoms with van der Waals surface area (Å²) in [6.07, 6.45) is 1.32. The molecular weight excluding hydrogens is 366 g/mol. The molecule has 0 aliphatic rings. The van der Waals surface area contributed by atoms with Crippen molar-refractivity contribution >= 4 is 45.1 Å². The van der Waals surface area contributed by atoms with Crippen molar-refractivity contribution in [1.82, 2.24) is 0 Å². The molecule has 2 aromatic rings. The van der Waals surface area contributed by atoms with Crippen molar-refractivity contribution in [3.8, 4) is 5.75 Å². The summed E-state index contributed by atoms with van der Waals surface area (Å²) in [5.41, 5.74) is 0.902. The Kier molecular flexibility index (Phi) is 5.07. The van der Waals surface area contributed by atoms with E-state index >= 15 is 0 Å². The lowest BCUT2D eigenvalue weighted by Gasteiger charge is -2.03. The molecule has 0 spiro atoms. The van der Waals surface area contributed by atoms with Gasteiger partial charge in [0.05, 0.1) is 10.6 Å². The Bertz CT molecular complexity index is 805.